The second-order valence-electron chi connectivity index (χ2n) is 3.09. The van der Waals surface area contributed by atoms with Gasteiger partial charge in [0.2, 0.25) is 20.2 Å². The molecule has 0 bridgehead atoms. The molecule has 0 aliphatic rings. The van der Waals surface area contributed by atoms with Crippen LogP contribution in [0.2, 0.25) is 0 Å². The molecule has 0 aromatic carbocycles. The first-order chi connectivity index (χ1) is 8.94. The van der Waals surface area contributed by atoms with Crippen molar-refractivity contribution >= 4 is 75.6 Å². The first-order valence-electron chi connectivity index (χ1n) is 4.69. The van der Waals surface area contributed by atoms with Crippen LogP contribution in [0.3, 0.4) is 0 Å². The number of carbonyl (C=O) groups is 1. The molecule has 0 saturated heterocycles. The van der Waals surface area contributed by atoms with Crippen LogP contribution in [-0.4, -0.2) is 49.9 Å². The van der Waals surface area contributed by atoms with E-state index in [0.717, 1.165) is 0 Å². The van der Waals surface area contributed by atoms with Crippen molar-refractivity contribution in [1.82, 2.24) is 10.6 Å². The predicted octanol–water partition coefficient (Wildman–Crippen LogP) is 1.61. The Bertz CT molecular complexity index is 281. The van der Waals surface area contributed by atoms with Gasteiger partial charge in [0.1, 0.15) is 13.5 Å². The molecule has 0 aliphatic heterocycles. The van der Waals surface area contributed by atoms with Crippen molar-refractivity contribution in [2.45, 2.75) is 20.2 Å². The first-order valence-corrected chi connectivity index (χ1v) is 6.96. The van der Waals surface area contributed by atoms with Gasteiger partial charge in [-0.3, -0.25) is 0 Å². The van der Waals surface area contributed by atoms with Gasteiger partial charge in [-0.2, -0.15) is 0 Å². The third-order valence-corrected chi connectivity index (χ3v) is 2.63. The van der Waals surface area contributed by atoms with E-state index >= 15 is 0 Å². The van der Waals surface area contributed by atoms with Crippen molar-refractivity contribution in [3.63, 3.8) is 0 Å². The van der Waals surface area contributed by atoms with E-state index in [1.165, 1.54) is 0 Å². The molecule has 0 saturated carbocycles. The minimum atomic E-state index is -2.05. The summed E-state index contributed by atoms with van der Waals surface area (Å²) >= 11 is 31.8. The van der Waals surface area contributed by atoms with Crippen molar-refractivity contribution in [1.29, 1.82) is 0 Å². The van der Waals surface area contributed by atoms with Crippen LogP contribution in [0, 0.1) is 0 Å². The molecular weight excluding hydrogens is 405 g/mol. The highest BCUT2D eigenvalue weighted by Crippen LogP contribution is 2.31. The number of urea groups is 1. The number of alkyl halides is 6. The lowest BCUT2D eigenvalue weighted by atomic mass is 10.7. The van der Waals surface area contributed by atoms with Crippen LogP contribution in [0.25, 0.3) is 0 Å². The van der Waals surface area contributed by atoms with E-state index in [-0.39, 0.29) is 0 Å². The molecule has 0 aliphatic carbocycles. The van der Waals surface area contributed by atoms with Crippen LogP contribution in [0.5, 0.6) is 0 Å². The summed E-state index contributed by atoms with van der Waals surface area (Å²) in [6.07, 6.45) is -3.45. The highest BCUT2D eigenvalue weighted by atomic mass is 35.6. The highest BCUT2D eigenvalue weighted by molar-refractivity contribution is 6.68. The molecule has 2 atom stereocenters. The fourth-order valence-corrected chi connectivity index (χ4v) is 1.00. The zero-order valence-electron chi connectivity index (χ0n) is 9.46. The number of aliphatic hydroxyl groups is 2. The minimum absolute atomic E-state index is 0.450. The third kappa shape index (κ3) is 9.73. The Morgan fingerprint density at radius 1 is 0.900 bits per heavy atom. The van der Waals surface area contributed by atoms with Gasteiger partial charge in [-0.1, -0.05) is 69.6 Å². The maximum atomic E-state index is 11.2. The van der Waals surface area contributed by atoms with Crippen LogP contribution in [0.1, 0.15) is 0 Å². The number of carbonyl (C=O) groups excluding carboxylic acids is 1. The summed E-state index contributed by atoms with van der Waals surface area (Å²) in [5.41, 5.74) is 0. The Hall–Kier alpha value is 0.850. The van der Waals surface area contributed by atoms with Gasteiger partial charge in [0.25, 0.3) is 0 Å². The lowest BCUT2D eigenvalue weighted by Crippen LogP contribution is -2.42. The Morgan fingerprint density at radius 3 is 1.45 bits per heavy atom. The molecule has 0 aromatic rings. The Morgan fingerprint density at radius 2 is 1.20 bits per heavy atom. The number of rotatable bonds is 6. The van der Waals surface area contributed by atoms with Gasteiger partial charge in [-0.15, -0.1) is 0 Å². The van der Waals surface area contributed by atoms with Crippen molar-refractivity contribution in [2.75, 3.05) is 13.5 Å². The molecule has 0 fully saturated rings. The number of hydrogen-bond donors (Lipinski definition) is 4. The molecule has 2 amide bonds. The molecule has 120 valence electrons. The Kier molecular flexibility index (Phi) is 9.48. The Balaban J connectivity index is 3.76. The van der Waals surface area contributed by atoms with E-state index in [1.807, 2.05) is 0 Å². The van der Waals surface area contributed by atoms with Crippen LogP contribution in [0.15, 0.2) is 0 Å². The average molecular weight is 415 g/mol. The van der Waals surface area contributed by atoms with Crippen molar-refractivity contribution in [3.05, 3.63) is 0 Å². The zero-order valence-corrected chi connectivity index (χ0v) is 14.0. The highest BCUT2D eigenvalue weighted by Gasteiger charge is 2.32. The molecule has 0 rings (SSSR count). The van der Waals surface area contributed by atoms with Crippen molar-refractivity contribution in [2.24, 2.45) is 0 Å². The number of hydrogen-bond acceptors (Lipinski definition) is 5. The quantitative estimate of drug-likeness (QED) is 0.391. The Labute approximate surface area is 144 Å². The van der Waals surface area contributed by atoms with Gasteiger partial charge >= 0.3 is 6.03 Å². The average Bonchev–Trinajstić information content (AvgIpc) is 2.26. The fourth-order valence-electron chi connectivity index (χ4n) is 0.624. The van der Waals surface area contributed by atoms with Gasteiger partial charge in [-0.25, -0.2) is 4.79 Å². The summed E-state index contributed by atoms with van der Waals surface area (Å²) in [4.78, 5) is 11.2. The summed E-state index contributed by atoms with van der Waals surface area (Å²) in [5.74, 6) is 0. The van der Waals surface area contributed by atoms with Crippen LogP contribution < -0.4 is 10.6 Å². The maximum absolute atomic E-state index is 11.2. The summed E-state index contributed by atoms with van der Waals surface area (Å²) in [6, 6.07) is -0.766. The van der Waals surface area contributed by atoms with E-state index in [9.17, 15) is 4.79 Å². The number of ether oxygens (including phenoxy) is 2. The number of halogens is 6. The molecular formula is C7H10Cl6N2O5. The minimum Gasteiger partial charge on any atom is -0.364 e. The van der Waals surface area contributed by atoms with Crippen molar-refractivity contribution in [3.8, 4) is 0 Å². The van der Waals surface area contributed by atoms with Crippen LogP contribution in [0.4, 0.5) is 4.79 Å². The van der Waals surface area contributed by atoms with Gasteiger partial charge < -0.3 is 30.3 Å². The van der Waals surface area contributed by atoms with Gasteiger partial charge in [0, 0.05) is 0 Å². The normalized spacial score (nSPS) is 15.6. The smallest absolute Gasteiger partial charge is 0.318 e. The van der Waals surface area contributed by atoms with Crippen molar-refractivity contribution < 1.29 is 24.5 Å². The summed E-state index contributed by atoms with van der Waals surface area (Å²) in [6.45, 7) is -0.901. The van der Waals surface area contributed by atoms with Crippen LogP contribution in [-0.2, 0) is 9.47 Å². The number of aliphatic hydroxyl groups excluding tert-OH is 2. The van der Waals surface area contributed by atoms with E-state index < -0.39 is 39.7 Å². The van der Waals surface area contributed by atoms with Gasteiger partial charge in [0.15, 0.2) is 0 Å². The molecule has 20 heavy (non-hydrogen) atoms. The zero-order chi connectivity index (χ0) is 16.0. The molecule has 7 nitrogen and oxygen atoms in total. The van der Waals surface area contributed by atoms with E-state index in [2.05, 4.69) is 20.1 Å². The van der Waals surface area contributed by atoms with E-state index in [1.54, 1.807) is 0 Å². The summed E-state index contributed by atoms with van der Waals surface area (Å²) in [7, 11) is 0. The van der Waals surface area contributed by atoms with E-state index in [4.69, 9.17) is 79.8 Å². The lowest BCUT2D eigenvalue weighted by Gasteiger charge is -2.20. The molecule has 0 heterocycles. The SMILES string of the molecule is O=C(NCO[C@H](O)C(Cl)(Cl)Cl)NCO[C@H](O)C(Cl)(Cl)Cl. The second-order valence-corrected chi connectivity index (χ2v) is 7.83. The molecule has 0 unspecified atom stereocenters. The molecule has 0 spiro atoms. The monoisotopic (exact) mass is 412 g/mol. The summed E-state index contributed by atoms with van der Waals surface area (Å²) < 4.78 is 5.09. The maximum Gasteiger partial charge on any atom is 0.318 e. The lowest BCUT2D eigenvalue weighted by molar-refractivity contribution is -0.102. The third-order valence-electron chi connectivity index (χ3n) is 1.51. The number of amides is 2. The van der Waals surface area contributed by atoms with Crippen LogP contribution >= 0.6 is 69.6 Å². The van der Waals surface area contributed by atoms with Gasteiger partial charge in [0.05, 0.1) is 0 Å². The first kappa shape index (κ1) is 20.9. The summed E-state index contributed by atoms with van der Waals surface area (Å²) in [5, 5.41) is 22.5. The predicted molar refractivity (Wildman–Crippen MR) is 76.2 cm³/mol. The molecule has 4 N–H and O–H groups in total. The standard InChI is InChI=1S/C7H10Cl6N2O5/c8-6(9,10)3(16)19-1-14-5(18)15-2-20-4(17)7(11,12)13/h3-4,16-17H,1-2H2,(H2,14,15,18)/t3-,4-/m0/s1. The van der Waals surface area contributed by atoms with Gasteiger partial charge in [-0.05, 0) is 0 Å². The fraction of sp³-hybridized carbons (Fsp3) is 0.857. The molecule has 13 heteroatoms. The topological polar surface area (TPSA) is 100 Å². The number of nitrogens with one attached hydrogen (secondary N) is 2. The van der Waals surface area contributed by atoms with E-state index in [0.29, 0.717) is 0 Å². The molecule has 0 aromatic heterocycles. The molecule has 0 radical (unpaired) electrons. The second kappa shape index (κ2) is 9.09. The largest absolute Gasteiger partial charge is 0.364 e.